The average Bonchev–Trinajstić information content (AvgIpc) is 2.62. The molecule has 0 saturated carbocycles. The van der Waals surface area contributed by atoms with Crippen molar-refractivity contribution in [2.24, 2.45) is 0 Å². The minimum Gasteiger partial charge on any atom is -0.480 e. The predicted molar refractivity (Wildman–Crippen MR) is 84.5 cm³/mol. The van der Waals surface area contributed by atoms with E-state index in [0.717, 1.165) is 12.8 Å². The summed E-state index contributed by atoms with van der Waals surface area (Å²) in [6, 6.07) is 9.07. The number of ether oxygens (including phenoxy) is 2. The molecule has 1 aromatic carbocycles. The van der Waals surface area contributed by atoms with Crippen LogP contribution < -0.4 is 9.47 Å². The molecule has 1 unspecified atom stereocenters. The maximum atomic E-state index is 13.3. The van der Waals surface area contributed by atoms with Crippen LogP contribution in [-0.2, 0) is 0 Å². The zero-order chi connectivity index (χ0) is 16.9. The number of amides is 1. The molecule has 0 N–H and O–H groups in total. The van der Waals surface area contributed by atoms with E-state index in [1.807, 2.05) is 0 Å². The lowest BCUT2D eigenvalue weighted by Crippen LogP contribution is -2.44. The lowest BCUT2D eigenvalue weighted by molar-refractivity contribution is 0.0524. The number of rotatable bonds is 4. The predicted octanol–water partition coefficient (Wildman–Crippen LogP) is 2.31. The van der Waals surface area contributed by atoms with Crippen molar-refractivity contribution >= 4 is 5.91 Å². The highest BCUT2D eigenvalue weighted by Gasteiger charge is 2.26. The number of halogens is 1. The Bertz CT molecular complexity index is 708. The van der Waals surface area contributed by atoms with E-state index >= 15 is 0 Å². The molecule has 24 heavy (non-hydrogen) atoms. The quantitative estimate of drug-likeness (QED) is 0.860. The van der Waals surface area contributed by atoms with Gasteiger partial charge >= 0.3 is 0 Å². The summed E-state index contributed by atoms with van der Waals surface area (Å²) in [4.78, 5) is 14.2. The maximum absolute atomic E-state index is 13.3. The van der Waals surface area contributed by atoms with E-state index in [-0.39, 0.29) is 12.0 Å². The second-order valence-corrected chi connectivity index (χ2v) is 5.56. The number of carbonyl (C=O) groups is 1. The third kappa shape index (κ3) is 3.79. The first-order valence-corrected chi connectivity index (χ1v) is 7.75. The smallest absolute Gasteiger partial charge is 0.254 e. The summed E-state index contributed by atoms with van der Waals surface area (Å²) < 4.78 is 24.1. The SMILES string of the molecule is COc1ccc(OC2CCCN(C(=O)c3cccc(F)c3)C2)nn1. The highest BCUT2D eigenvalue weighted by Crippen LogP contribution is 2.19. The Morgan fingerprint density at radius 1 is 1.25 bits per heavy atom. The normalized spacial score (nSPS) is 17.4. The number of methoxy groups -OCH3 is 1. The van der Waals surface area contributed by atoms with Gasteiger partial charge in [-0.2, -0.15) is 0 Å². The van der Waals surface area contributed by atoms with E-state index in [0.29, 0.717) is 30.4 Å². The molecule has 3 rings (SSSR count). The molecule has 0 spiro atoms. The lowest BCUT2D eigenvalue weighted by atomic mass is 10.1. The number of carbonyl (C=O) groups excluding carboxylic acids is 1. The monoisotopic (exact) mass is 331 g/mol. The molecule has 1 aliphatic heterocycles. The maximum Gasteiger partial charge on any atom is 0.254 e. The Kier molecular flexibility index (Phi) is 4.88. The molecule has 1 aliphatic rings. The van der Waals surface area contributed by atoms with Crippen LogP contribution in [0, 0.1) is 5.82 Å². The Balaban J connectivity index is 1.64. The number of benzene rings is 1. The van der Waals surface area contributed by atoms with Crippen LogP contribution in [0.5, 0.6) is 11.8 Å². The van der Waals surface area contributed by atoms with Gasteiger partial charge < -0.3 is 14.4 Å². The molecule has 126 valence electrons. The van der Waals surface area contributed by atoms with E-state index < -0.39 is 5.82 Å². The summed E-state index contributed by atoms with van der Waals surface area (Å²) in [5.74, 6) is 0.192. The van der Waals surface area contributed by atoms with Gasteiger partial charge in [-0.05, 0) is 31.0 Å². The number of piperidine rings is 1. The molecule has 0 bridgehead atoms. The first-order chi connectivity index (χ1) is 11.7. The molecule has 1 amide bonds. The van der Waals surface area contributed by atoms with Gasteiger partial charge in [-0.1, -0.05) is 6.07 Å². The standard InChI is InChI=1S/C17H18FN3O3/c1-23-15-7-8-16(20-19-15)24-14-6-3-9-21(11-14)17(22)12-4-2-5-13(18)10-12/h2,4-5,7-8,10,14H,3,6,9,11H2,1H3. The largest absolute Gasteiger partial charge is 0.480 e. The molecular formula is C17H18FN3O3. The van der Waals surface area contributed by atoms with Crippen molar-refractivity contribution in [1.82, 2.24) is 15.1 Å². The molecule has 1 fully saturated rings. The fourth-order valence-corrected chi connectivity index (χ4v) is 2.67. The van der Waals surface area contributed by atoms with Crippen molar-refractivity contribution in [3.63, 3.8) is 0 Å². The van der Waals surface area contributed by atoms with Crippen molar-refractivity contribution < 1.29 is 18.7 Å². The molecule has 1 saturated heterocycles. The van der Waals surface area contributed by atoms with Gasteiger partial charge in [0.2, 0.25) is 11.8 Å². The molecule has 1 aromatic heterocycles. The number of likely N-dealkylation sites (tertiary alicyclic amines) is 1. The molecule has 2 aromatic rings. The van der Waals surface area contributed by atoms with Crippen molar-refractivity contribution in [3.05, 3.63) is 47.8 Å². The molecule has 2 heterocycles. The van der Waals surface area contributed by atoms with Gasteiger partial charge in [-0.25, -0.2) is 4.39 Å². The number of nitrogens with zero attached hydrogens (tertiary/aromatic N) is 3. The fraction of sp³-hybridized carbons (Fsp3) is 0.353. The van der Waals surface area contributed by atoms with Gasteiger partial charge in [-0.15, -0.1) is 10.2 Å². The van der Waals surface area contributed by atoms with Crippen molar-refractivity contribution in [3.8, 4) is 11.8 Å². The summed E-state index contributed by atoms with van der Waals surface area (Å²) in [5, 5.41) is 7.79. The summed E-state index contributed by atoms with van der Waals surface area (Å²) >= 11 is 0. The minimum atomic E-state index is -0.417. The zero-order valence-corrected chi connectivity index (χ0v) is 13.3. The minimum absolute atomic E-state index is 0.168. The summed E-state index contributed by atoms with van der Waals surface area (Å²) in [6.07, 6.45) is 1.47. The van der Waals surface area contributed by atoms with Crippen LogP contribution >= 0.6 is 0 Å². The number of hydrogen-bond donors (Lipinski definition) is 0. The van der Waals surface area contributed by atoms with Gasteiger partial charge in [0, 0.05) is 24.2 Å². The van der Waals surface area contributed by atoms with Crippen molar-refractivity contribution in [1.29, 1.82) is 0 Å². The van der Waals surface area contributed by atoms with Gasteiger partial charge in [0.25, 0.3) is 5.91 Å². The van der Waals surface area contributed by atoms with Crippen LogP contribution in [-0.4, -0.2) is 47.3 Å². The number of aromatic nitrogens is 2. The topological polar surface area (TPSA) is 64.6 Å². The van der Waals surface area contributed by atoms with Crippen molar-refractivity contribution in [2.45, 2.75) is 18.9 Å². The number of hydrogen-bond acceptors (Lipinski definition) is 5. The molecule has 0 radical (unpaired) electrons. The molecule has 7 heteroatoms. The van der Waals surface area contributed by atoms with Crippen LogP contribution in [0.4, 0.5) is 4.39 Å². The third-order valence-electron chi connectivity index (χ3n) is 3.85. The molecular weight excluding hydrogens is 313 g/mol. The molecule has 1 atom stereocenters. The second kappa shape index (κ2) is 7.25. The summed E-state index contributed by atoms with van der Waals surface area (Å²) in [5.41, 5.74) is 0.347. The summed E-state index contributed by atoms with van der Waals surface area (Å²) in [7, 11) is 1.52. The van der Waals surface area contributed by atoms with Crippen LogP contribution in [0.2, 0.25) is 0 Å². The summed E-state index contributed by atoms with van der Waals surface area (Å²) in [6.45, 7) is 1.06. The van der Waals surface area contributed by atoms with Gasteiger partial charge in [0.15, 0.2) is 0 Å². The van der Waals surface area contributed by atoms with Crippen LogP contribution in [0.1, 0.15) is 23.2 Å². The first-order valence-electron chi connectivity index (χ1n) is 7.75. The lowest BCUT2D eigenvalue weighted by Gasteiger charge is -2.32. The fourth-order valence-electron chi connectivity index (χ4n) is 2.67. The average molecular weight is 331 g/mol. The van der Waals surface area contributed by atoms with E-state index in [2.05, 4.69) is 10.2 Å². The van der Waals surface area contributed by atoms with Crippen LogP contribution in [0.3, 0.4) is 0 Å². The highest BCUT2D eigenvalue weighted by atomic mass is 19.1. The van der Waals surface area contributed by atoms with Gasteiger partial charge in [-0.3, -0.25) is 4.79 Å². The van der Waals surface area contributed by atoms with Crippen molar-refractivity contribution in [2.75, 3.05) is 20.2 Å². The highest BCUT2D eigenvalue weighted by molar-refractivity contribution is 5.94. The Morgan fingerprint density at radius 3 is 2.75 bits per heavy atom. The molecule has 0 aliphatic carbocycles. The zero-order valence-electron chi connectivity index (χ0n) is 13.3. The van der Waals surface area contributed by atoms with E-state index in [4.69, 9.17) is 9.47 Å². The van der Waals surface area contributed by atoms with Gasteiger partial charge in [0.1, 0.15) is 11.9 Å². The Labute approximate surface area is 139 Å². The van der Waals surface area contributed by atoms with E-state index in [1.165, 1.54) is 25.3 Å². The van der Waals surface area contributed by atoms with E-state index in [1.54, 1.807) is 23.1 Å². The first kappa shape index (κ1) is 16.2. The van der Waals surface area contributed by atoms with Gasteiger partial charge in [0.05, 0.1) is 13.7 Å². The second-order valence-electron chi connectivity index (χ2n) is 5.56. The Hall–Kier alpha value is -2.70. The van der Waals surface area contributed by atoms with E-state index in [9.17, 15) is 9.18 Å². The Morgan fingerprint density at radius 2 is 2.04 bits per heavy atom. The third-order valence-corrected chi connectivity index (χ3v) is 3.85. The molecule has 6 nitrogen and oxygen atoms in total. The van der Waals surface area contributed by atoms with Crippen LogP contribution in [0.15, 0.2) is 36.4 Å². The van der Waals surface area contributed by atoms with Crippen LogP contribution in [0.25, 0.3) is 0 Å².